The number of carbonyl (C=O) groups is 1. The van der Waals surface area contributed by atoms with Crippen molar-refractivity contribution in [2.24, 2.45) is 5.92 Å². The molecule has 6 atom stereocenters. The number of methoxy groups -OCH3 is 1. The first-order valence-corrected chi connectivity index (χ1v) is 9.83. The number of allylic oxidation sites excluding steroid dienone is 1. The largest absolute Gasteiger partial charge is 0.443 e. The van der Waals surface area contributed by atoms with Gasteiger partial charge in [0.25, 0.3) is 0 Å². The van der Waals surface area contributed by atoms with Crippen LogP contribution in [0.15, 0.2) is 11.6 Å². The number of amides is 1. The fraction of sp³-hybridized carbons (Fsp3) is 0.850. The molecule has 1 spiro atoms. The fourth-order valence-corrected chi connectivity index (χ4v) is 4.77. The Kier molecular flexibility index (Phi) is 4.56. The summed E-state index contributed by atoms with van der Waals surface area (Å²) in [6.45, 7) is 8.72. The van der Waals surface area contributed by atoms with Crippen molar-refractivity contribution in [3.8, 4) is 0 Å². The second-order valence-corrected chi connectivity index (χ2v) is 8.64. The van der Waals surface area contributed by atoms with Gasteiger partial charge in [-0.15, -0.1) is 0 Å². The van der Waals surface area contributed by atoms with Gasteiger partial charge in [-0.2, -0.15) is 0 Å². The van der Waals surface area contributed by atoms with E-state index in [0.29, 0.717) is 0 Å². The summed E-state index contributed by atoms with van der Waals surface area (Å²) in [7, 11) is 1.71. The average molecular weight is 365 g/mol. The minimum atomic E-state index is -0.287. The zero-order chi connectivity index (χ0) is 18.5. The quantitative estimate of drug-likeness (QED) is 0.554. The summed E-state index contributed by atoms with van der Waals surface area (Å²) < 4.78 is 23.8. The Bertz CT molecular complexity index is 593. The van der Waals surface area contributed by atoms with E-state index >= 15 is 0 Å². The third kappa shape index (κ3) is 3.06. The maximum atomic E-state index is 12.3. The Balaban J connectivity index is 1.49. The first-order valence-electron chi connectivity index (χ1n) is 9.83. The van der Waals surface area contributed by atoms with Gasteiger partial charge in [0.2, 0.25) is 0 Å². The summed E-state index contributed by atoms with van der Waals surface area (Å²) in [5.41, 5.74) is 0.841. The topological polar surface area (TPSA) is 63.8 Å². The first-order chi connectivity index (χ1) is 12.4. The maximum Gasteiger partial charge on any atom is 0.410 e. The highest BCUT2D eigenvalue weighted by Gasteiger charge is 2.72. The predicted octanol–water partition coefficient (Wildman–Crippen LogP) is 2.91. The van der Waals surface area contributed by atoms with Crippen molar-refractivity contribution in [3.63, 3.8) is 0 Å². The number of nitrogens with zero attached hydrogens (tertiary/aromatic N) is 1. The molecule has 6 heteroatoms. The van der Waals surface area contributed by atoms with E-state index in [2.05, 4.69) is 26.8 Å². The van der Waals surface area contributed by atoms with Crippen LogP contribution in [0.3, 0.4) is 0 Å². The van der Waals surface area contributed by atoms with Crippen LogP contribution in [-0.4, -0.2) is 67.3 Å². The highest BCUT2D eigenvalue weighted by atomic mass is 16.6. The molecule has 0 aromatic carbocycles. The van der Waals surface area contributed by atoms with Crippen LogP contribution in [-0.2, 0) is 18.9 Å². The Morgan fingerprint density at radius 3 is 2.62 bits per heavy atom. The van der Waals surface area contributed by atoms with Crippen molar-refractivity contribution < 1.29 is 23.7 Å². The van der Waals surface area contributed by atoms with Crippen molar-refractivity contribution >= 4 is 6.09 Å². The smallest absolute Gasteiger partial charge is 0.410 e. The van der Waals surface area contributed by atoms with Crippen LogP contribution < -0.4 is 0 Å². The van der Waals surface area contributed by atoms with Gasteiger partial charge in [-0.3, -0.25) is 0 Å². The van der Waals surface area contributed by atoms with Crippen LogP contribution in [0.4, 0.5) is 4.79 Å². The minimum Gasteiger partial charge on any atom is -0.443 e. The summed E-state index contributed by atoms with van der Waals surface area (Å²) in [6.07, 6.45) is 5.39. The number of likely N-dealkylation sites (tertiary alicyclic amines) is 1. The molecule has 26 heavy (non-hydrogen) atoms. The van der Waals surface area contributed by atoms with E-state index in [9.17, 15) is 4.79 Å². The van der Waals surface area contributed by atoms with Gasteiger partial charge in [0, 0.05) is 20.2 Å². The van der Waals surface area contributed by atoms with Crippen molar-refractivity contribution in [2.45, 2.75) is 76.0 Å². The van der Waals surface area contributed by atoms with Crippen LogP contribution in [0.5, 0.6) is 0 Å². The standard InChI is InChI=1S/C20H31NO5/c1-13(2)6-7-15-19(3,26-15)17-16(23-4)14(8-9-20(17)12-24-20)25-18(22)21-10-5-11-21/h6,14-17H,5,7-12H2,1-4H3/t14-,15-,16-,17-,19+,20?/m1/s1. The third-order valence-electron chi connectivity index (χ3n) is 6.60. The van der Waals surface area contributed by atoms with Gasteiger partial charge < -0.3 is 23.8 Å². The monoisotopic (exact) mass is 365 g/mol. The van der Waals surface area contributed by atoms with Crippen molar-refractivity contribution in [2.75, 3.05) is 26.8 Å². The SMILES string of the molecule is CO[C@@H]1[C@H](OC(=O)N2CCC2)CCC2(CO2)[C@H]1[C@@]1(C)O[C@@H]1CC=C(C)C. The number of ether oxygens (including phenoxy) is 4. The van der Waals surface area contributed by atoms with Crippen LogP contribution in [0.25, 0.3) is 0 Å². The van der Waals surface area contributed by atoms with Gasteiger partial charge in [-0.1, -0.05) is 11.6 Å². The summed E-state index contributed by atoms with van der Waals surface area (Å²) in [4.78, 5) is 14.1. The lowest BCUT2D eigenvalue weighted by Crippen LogP contribution is -2.56. The highest BCUT2D eigenvalue weighted by Crippen LogP contribution is 2.59. The average Bonchev–Trinajstić information content (AvgIpc) is 3.43. The van der Waals surface area contributed by atoms with E-state index in [0.717, 1.165) is 45.4 Å². The van der Waals surface area contributed by atoms with Crippen LogP contribution in [0, 0.1) is 5.92 Å². The van der Waals surface area contributed by atoms with E-state index in [-0.39, 0.29) is 41.5 Å². The second-order valence-electron chi connectivity index (χ2n) is 8.64. The number of epoxide rings is 2. The van der Waals surface area contributed by atoms with Crippen LogP contribution in [0.2, 0.25) is 0 Å². The molecule has 0 aromatic rings. The van der Waals surface area contributed by atoms with E-state index in [1.807, 2.05) is 0 Å². The molecule has 1 unspecified atom stereocenters. The number of hydrogen-bond acceptors (Lipinski definition) is 5. The molecule has 1 amide bonds. The molecule has 0 radical (unpaired) electrons. The molecule has 4 aliphatic rings. The number of hydrogen-bond donors (Lipinski definition) is 0. The molecule has 4 rings (SSSR count). The molecule has 0 aromatic heterocycles. The lowest BCUT2D eigenvalue weighted by atomic mass is 9.68. The molecule has 6 nitrogen and oxygen atoms in total. The van der Waals surface area contributed by atoms with Gasteiger partial charge in [0.05, 0.1) is 18.6 Å². The lowest BCUT2D eigenvalue weighted by molar-refractivity contribution is -0.123. The summed E-state index contributed by atoms with van der Waals surface area (Å²) in [5.74, 6) is 0.0819. The molecule has 1 saturated carbocycles. The maximum absolute atomic E-state index is 12.3. The molecule has 0 N–H and O–H groups in total. The van der Waals surface area contributed by atoms with Gasteiger partial charge in [-0.05, 0) is 46.5 Å². The van der Waals surface area contributed by atoms with E-state index in [1.54, 1.807) is 12.0 Å². The zero-order valence-corrected chi connectivity index (χ0v) is 16.3. The van der Waals surface area contributed by atoms with Crippen LogP contribution >= 0.6 is 0 Å². The highest BCUT2D eigenvalue weighted by molar-refractivity contribution is 5.68. The summed E-state index contributed by atoms with van der Waals surface area (Å²) >= 11 is 0. The van der Waals surface area contributed by atoms with Crippen molar-refractivity contribution in [3.05, 3.63) is 11.6 Å². The minimum absolute atomic E-state index is 0.0819. The van der Waals surface area contributed by atoms with Gasteiger partial charge in [0.1, 0.15) is 23.4 Å². The Hall–Kier alpha value is -1.11. The Morgan fingerprint density at radius 1 is 1.35 bits per heavy atom. The third-order valence-corrected chi connectivity index (χ3v) is 6.60. The molecule has 146 valence electrons. The van der Waals surface area contributed by atoms with E-state index in [4.69, 9.17) is 18.9 Å². The number of carbonyl (C=O) groups excluding carboxylic acids is 1. The zero-order valence-electron chi connectivity index (χ0n) is 16.3. The van der Waals surface area contributed by atoms with E-state index < -0.39 is 0 Å². The molecule has 3 heterocycles. The second kappa shape index (κ2) is 6.50. The lowest BCUT2D eigenvalue weighted by Gasteiger charge is -2.43. The molecule has 3 aliphatic heterocycles. The Morgan fingerprint density at radius 2 is 2.08 bits per heavy atom. The molecular formula is C20H31NO5. The van der Waals surface area contributed by atoms with Crippen molar-refractivity contribution in [1.82, 2.24) is 4.90 Å². The summed E-state index contributed by atoms with van der Waals surface area (Å²) in [5, 5.41) is 0. The molecule has 3 saturated heterocycles. The molecular weight excluding hydrogens is 334 g/mol. The van der Waals surface area contributed by atoms with Gasteiger partial charge >= 0.3 is 6.09 Å². The summed E-state index contributed by atoms with van der Waals surface area (Å²) in [6, 6.07) is 0. The normalized spacial score (nSPS) is 43.6. The first kappa shape index (κ1) is 18.3. The molecule has 1 aliphatic carbocycles. The predicted molar refractivity (Wildman–Crippen MR) is 96.0 cm³/mol. The van der Waals surface area contributed by atoms with Gasteiger partial charge in [0.15, 0.2) is 0 Å². The molecule has 0 bridgehead atoms. The number of rotatable bonds is 5. The van der Waals surface area contributed by atoms with E-state index in [1.165, 1.54) is 5.57 Å². The van der Waals surface area contributed by atoms with Crippen LogP contribution in [0.1, 0.15) is 46.5 Å². The van der Waals surface area contributed by atoms with Crippen molar-refractivity contribution in [1.29, 1.82) is 0 Å². The Labute approximate surface area is 155 Å². The van der Waals surface area contributed by atoms with Gasteiger partial charge in [-0.25, -0.2) is 4.79 Å². The molecule has 4 fully saturated rings. The fourth-order valence-electron chi connectivity index (χ4n) is 4.77.